The van der Waals surface area contributed by atoms with Gasteiger partial charge in [-0.15, -0.1) is 0 Å². The van der Waals surface area contributed by atoms with Gasteiger partial charge in [-0.3, -0.25) is 0 Å². The fourth-order valence-electron chi connectivity index (χ4n) is 2.53. The van der Waals surface area contributed by atoms with E-state index in [1.165, 1.54) is 0 Å². The van der Waals surface area contributed by atoms with E-state index in [2.05, 4.69) is 10.6 Å². The van der Waals surface area contributed by atoms with Gasteiger partial charge in [-0.1, -0.05) is 36.4 Å². The predicted octanol–water partition coefficient (Wildman–Crippen LogP) is 3.54. The zero-order valence-electron chi connectivity index (χ0n) is 13.2. The van der Waals surface area contributed by atoms with Crippen molar-refractivity contribution in [3.63, 3.8) is 0 Å². The molecule has 0 saturated carbocycles. The monoisotopic (exact) mass is 312 g/mol. The predicted molar refractivity (Wildman–Crippen MR) is 87.5 cm³/mol. The lowest BCUT2D eigenvalue weighted by Crippen LogP contribution is -2.38. The molecule has 0 fully saturated rings. The maximum atomic E-state index is 12.2. The van der Waals surface area contributed by atoms with Gasteiger partial charge in [-0.05, 0) is 37.1 Å². The number of hydrogen-bond acceptors (Lipinski definition) is 3. The van der Waals surface area contributed by atoms with Crippen LogP contribution >= 0.6 is 0 Å². The highest BCUT2D eigenvalue weighted by Gasteiger charge is 2.17. The Hall–Kier alpha value is -2.69. The molecule has 120 valence electrons. The van der Waals surface area contributed by atoms with E-state index in [4.69, 9.17) is 9.47 Å². The van der Waals surface area contributed by atoms with E-state index in [0.29, 0.717) is 5.75 Å². The largest absolute Gasteiger partial charge is 0.454 e. The highest BCUT2D eigenvalue weighted by molar-refractivity contribution is 5.75. The van der Waals surface area contributed by atoms with Gasteiger partial charge in [-0.2, -0.15) is 0 Å². The lowest BCUT2D eigenvalue weighted by atomic mass is 10.1. The van der Waals surface area contributed by atoms with Crippen molar-refractivity contribution in [1.29, 1.82) is 0 Å². The van der Waals surface area contributed by atoms with Crippen molar-refractivity contribution in [2.24, 2.45) is 0 Å². The van der Waals surface area contributed by atoms with Crippen LogP contribution in [0.2, 0.25) is 0 Å². The number of ether oxygens (including phenoxy) is 2. The van der Waals surface area contributed by atoms with Gasteiger partial charge >= 0.3 is 6.03 Å². The fraction of sp³-hybridized carbons (Fsp3) is 0.278. The Labute approximate surface area is 135 Å². The highest BCUT2D eigenvalue weighted by Crippen LogP contribution is 2.34. The molecule has 0 bridgehead atoms. The van der Waals surface area contributed by atoms with Gasteiger partial charge < -0.3 is 20.1 Å². The van der Waals surface area contributed by atoms with Gasteiger partial charge in [0.25, 0.3) is 0 Å². The first-order valence-corrected chi connectivity index (χ1v) is 7.65. The minimum absolute atomic E-state index is 0.0554. The van der Waals surface area contributed by atoms with Crippen LogP contribution in [0.3, 0.4) is 0 Å². The van der Waals surface area contributed by atoms with E-state index < -0.39 is 0 Å². The molecule has 0 spiro atoms. The number of carbonyl (C=O) groups excluding carboxylic acids is 1. The van der Waals surface area contributed by atoms with Crippen LogP contribution in [0.25, 0.3) is 0 Å². The molecule has 1 heterocycles. The third-order valence-corrected chi connectivity index (χ3v) is 3.89. The molecule has 1 aliphatic rings. The van der Waals surface area contributed by atoms with Gasteiger partial charge in [-0.25, -0.2) is 4.79 Å². The van der Waals surface area contributed by atoms with Crippen molar-refractivity contribution >= 4 is 6.03 Å². The third kappa shape index (κ3) is 3.56. The smallest absolute Gasteiger partial charge is 0.315 e. The molecule has 2 aromatic rings. The molecule has 0 aromatic heterocycles. The van der Waals surface area contributed by atoms with Gasteiger partial charge in [0, 0.05) is 0 Å². The first kappa shape index (κ1) is 15.2. The first-order valence-electron chi connectivity index (χ1n) is 7.65. The van der Waals surface area contributed by atoms with Gasteiger partial charge in [0.2, 0.25) is 6.79 Å². The normalized spacial score (nSPS) is 14.9. The number of urea groups is 1. The molecule has 5 heteroatoms. The van der Waals surface area contributed by atoms with Crippen molar-refractivity contribution < 1.29 is 14.3 Å². The molecule has 23 heavy (non-hydrogen) atoms. The first-order chi connectivity index (χ1) is 11.1. The molecule has 1 aliphatic heterocycles. The van der Waals surface area contributed by atoms with Crippen molar-refractivity contribution in [2.75, 3.05) is 6.79 Å². The van der Waals surface area contributed by atoms with Crippen molar-refractivity contribution in [1.82, 2.24) is 10.6 Å². The Morgan fingerprint density at radius 2 is 1.57 bits per heavy atom. The second-order valence-corrected chi connectivity index (χ2v) is 5.58. The van der Waals surface area contributed by atoms with E-state index >= 15 is 0 Å². The van der Waals surface area contributed by atoms with Crippen LogP contribution in [-0.4, -0.2) is 12.8 Å². The zero-order chi connectivity index (χ0) is 16.2. The van der Waals surface area contributed by atoms with E-state index in [1.807, 2.05) is 62.4 Å². The lowest BCUT2D eigenvalue weighted by molar-refractivity contribution is 0.174. The summed E-state index contributed by atoms with van der Waals surface area (Å²) in [6, 6.07) is 15.2. The van der Waals surface area contributed by atoms with Crippen LogP contribution in [0.5, 0.6) is 11.5 Å². The van der Waals surface area contributed by atoms with Crippen LogP contribution < -0.4 is 20.1 Å². The summed E-state index contributed by atoms with van der Waals surface area (Å²) in [7, 11) is 0. The quantitative estimate of drug-likeness (QED) is 0.908. The Bertz CT molecular complexity index is 688. The molecule has 0 saturated heterocycles. The maximum Gasteiger partial charge on any atom is 0.315 e. The molecule has 0 radical (unpaired) electrons. The number of hydrogen-bond donors (Lipinski definition) is 2. The van der Waals surface area contributed by atoms with Crippen LogP contribution in [0.15, 0.2) is 48.5 Å². The van der Waals surface area contributed by atoms with Gasteiger partial charge in [0.05, 0.1) is 12.1 Å². The van der Waals surface area contributed by atoms with Gasteiger partial charge in [0.15, 0.2) is 11.5 Å². The number of rotatable bonds is 4. The topological polar surface area (TPSA) is 59.6 Å². The van der Waals surface area contributed by atoms with Crippen molar-refractivity contribution in [3.8, 4) is 11.5 Å². The summed E-state index contributed by atoms with van der Waals surface area (Å²) >= 11 is 0. The summed E-state index contributed by atoms with van der Waals surface area (Å²) in [4.78, 5) is 12.2. The molecule has 2 aromatic carbocycles. The molecular weight excluding hydrogens is 292 g/mol. The molecule has 5 nitrogen and oxygen atoms in total. The molecule has 2 unspecified atom stereocenters. The molecule has 0 aliphatic carbocycles. The van der Waals surface area contributed by atoms with Crippen molar-refractivity contribution in [3.05, 3.63) is 59.7 Å². The molecule has 3 rings (SSSR count). The Kier molecular flexibility index (Phi) is 4.37. The maximum absolute atomic E-state index is 12.2. The molecular formula is C18H20N2O3. The number of carbonyl (C=O) groups is 1. The Morgan fingerprint density at radius 1 is 0.913 bits per heavy atom. The SMILES string of the molecule is CC(NC(=O)NC(C)c1ccc2c(c1)OCO2)c1ccccc1. The lowest BCUT2D eigenvalue weighted by Gasteiger charge is -2.19. The average molecular weight is 312 g/mol. The average Bonchev–Trinajstić information content (AvgIpc) is 3.03. The Balaban J connectivity index is 1.59. The molecule has 2 atom stereocenters. The van der Waals surface area contributed by atoms with Crippen molar-refractivity contribution in [2.45, 2.75) is 25.9 Å². The minimum Gasteiger partial charge on any atom is -0.454 e. The number of nitrogens with one attached hydrogen (secondary N) is 2. The van der Waals surface area contributed by atoms with Gasteiger partial charge in [0.1, 0.15) is 0 Å². The molecule has 2 N–H and O–H groups in total. The standard InChI is InChI=1S/C18H20N2O3/c1-12(14-6-4-3-5-7-14)19-18(21)20-13(2)15-8-9-16-17(10-15)23-11-22-16/h3-10,12-13H,11H2,1-2H3,(H2,19,20,21). The van der Waals surface area contributed by atoms with Crippen LogP contribution in [0.4, 0.5) is 4.79 Å². The number of amides is 2. The van der Waals surface area contributed by atoms with E-state index in [-0.39, 0.29) is 24.9 Å². The minimum atomic E-state index is -0.202. The summed E-state index contributed by atoms with van der Waals surface area (Å²) in [6.07, 6.45) is 0. The van der Waals surface area contributed by atoms with E-state index in [1.54, 1.807) is 0 Å². The Morgan fingerprint density at radius 3 is 2.30 bits per heavy atom. The zero-order valence-corrected chi connectivity index (χ0v) is 13.2. The van der Waals surface area contributed by atoms with Crippen LogP contribution in [0, 0.1) is 0 Å². The fourth-order valence-corrected chi connectivity index (χ4v) is 2.53. The molecule has 2 amide bonds. The van der Waals surface area contributed by atoms with Crippen LogP contribution in [-0.2, 0) is 0 Å². The number of fused-ring (bicyclic) bond motifs is 1. The second kappa shape index (κ2) is 6.60. The van der Waals surface area contributed by atoms with Crippen LogP contribution in [0.1, 0.15) is 37.1 Å². The highest BCUT2D eigenvalue weighted by atomic mass is 16.7. The van der Waals surface area contributed by atoms with E-state index in [0.717, 1.165) is 16.9 Å². The third-order valence-electron chi connectivity index (χ3n) is 3.89. The summed E-state index contributed by atoms with van der Waals surface area (Å²) < 4.78 is 10.7. The second-order valence-electron chi connectivity index (χ2n) is 5.58. The summed E-state index contributed by atoms with van der Waals surface area (Å²) in [6.45, 7) is 4.14. The summed E-state index contributed by atoms with van der Waals surface area (Å²) in [5.74, 6) is 1.46. The summed E-state index contributed by atoms with van der Waals surface area (Å²) in [5, 5.41) is 5.88. The van der Waals surface area contributed by atoms with E-state index in [9.17, 15) is 4.79 Å². The number of benzene rings is 2. The summed E-state index contributed by atoms with van der Waals surface area (Å²) in [5.41, 5.74) is 2.04.